The third-order valence-electron chi connectivity index (χ3n) is 2.92. The summed E-state index contributed by atoms with van der Waals surface area (Å²) in [5.41, 5.74) is 1.03. The third kappa shape index (κ3) is 2.49. The van der Waals surface area contributed by atoms with E-state index in [0.29, 0.717) is 6.42 Å². The van der Waals surface area contributed by atoms with Gasteiger partial charge in [-0.15, -0.1) is 23.1 Å². The van der Waals surface area contributed by atoms with Crippen molar-refractivity contribution in [3.05, 3.63) is 45.9 Å². The van der Waals surface area contributed by atoms with Crippen LogP contribution in [0.2, 0.25) is 0 Å². The highest BCUT2D eigenvalue weighted by Gasteiger charge is 2.21. The lowest BCUT2D eigenvalue weighted by Crippen LogP contribution is -2.07. The van der Waals surface area contributed by atoms with E-state index in [1.807, 2.05) is 18.2 Å². The van der Waals surface area contributed by atoms with Gasteiger partial charge in [0, 0.05) is 11.3 Å². The van der Waals surface area contributed by atoms with Gasteiger partial charge in [-0.05, 0) is 25.0 Å². The molecule has 1 aromatic heterocycles. The molecule has 0 amide bonds. The maximum absolute atomic E-state index is 11.7. The minimum Gasteiger partial charge on any atom is -0.293 e. The highest BCUT2D eigenvalue weighted by molar-refractivity contribution is 7.98. The maximum atomic E-state index is 11.7. The number of carbonyl (C=O) groups is 1. The summed E-state index contributed by atoms with van der Waals surface area (Å²) >= 11 is 3.36. The van der Waals surface area contributed by atoms with Gasteiger partial charge in [0.25, 0.3) is 0 Å². The van der Waals surface area contributed by atoms with E-state index in [9.17, 15) is 4.79 Å². The number of nitrogens with zero attached hydrogens (tertiary/aromatic N) is 1. The van der Waals surface area contributed by atoms with Gasteiger partial charge >= 0.3 is 0 Å². The van der Waals surface area contributed by atoms with Crippen LogP contribution in [-0.2, 0) is 12.2 Å². The fourth-order valence-electron chi connectivity index (χ4n) is 2.04. The molecule has 0 spiro atoms. The lowest BCUT2D eigenvalue weighted by atomic mass is 10.0. The van der Waals surface area contributed by atoms with Crippen molar-refractivity contribution in [1.82, 2.24) is 4.98 Å². The van der Waals surface area contributed by atoms with Gasteiger partial charge in [-0.2, -0.15) is 0 Å². The third-order valence-corrected chi connectivity index (χ3v) is 5.26. The van der Waals surface area contributed by atoms with Crippen molar-refractivity contribution in [2.45, 2.75) is 29.9 Å². The number of ketones is 1. The second-order valence-electron chi connectivity index (χ2n) is 4.26. The zero-order chi connectivity index (χ0) is 12.4. The van der Waals surface area contributed by atoms with Crippen LogP contribution in [0, 0.1) is 0 Å². The first-order valence-corrected chi connectivity index (χ1v) is 7.83. The molecular weight excluding hydrogens is 262 g/mol. The highest BCUT2D eigenvalue weighted by atomic mass is 32.2. The van der Waals surface area contributed by atoms with Gasteiger partial charge in [0.2, 0.25) is 0 Å². The fourth-order valence-corrected chi connectivity index (χ4v) is 4.03. The number of aryl methyl sites for hydroxylation is 1. The first-order valence-electron chi connectivity index (χ1n) is 6.02. The van der Waals surface area contributed by atoms with E-state index in [1.54, 1.807) is 23.1 Å². The Morgan fingerprint density at radius 3 is 2.83 bits per heavy atom. The predicted octanol–water partition coefficient (Wildman–Crippen LogP) is 3.95. The minimum absolute atomic E-state index is 0.282. The van der Waals surface area contributed by atoms with Crippen molar-refractivity contribution in [2.24, 2.45) is 0 Å². The number of fused-ring (bicyclic) bond motifs is 1. The number of Topliss-reactive ketones (excluding diaryl/α,β-unsaturated/α-hetero) is 1. The van der Waals surface area contributed by atoms with E-state index in [1.165, 1.54) is 4.90 Å². The molecule has 0 saturated carbocycles. The van der Waals surface area contributed by atoms with Crippen molar-refractivity contribution in [2.75, 3.05) is 0 Å². The van der Waals surface area contributed by atoms with Gasteiger partial charge in [-0.1, -0.05) is 18.2 Å². The molecule has 1 aliphatic carbocycles. The molecule has 0 fully saturated rings. The Balaban J connectivity index is 1.72. The number of rotatable bonds is 3. The van der Waals surface area contributed by atoms with Crippen LogP contribution in [0.4, 0.5) is 0 Å². The highest BCUT2D eigenvalue weighted by Crippen LogP contribution is 2.30. The lowest BCUT2D eigenvalue weighted by Gasteiger charge is -2.06. The number of hydrogen-bond donors (Lipinski definition) is 0. The summed E-state index contributed by atoms with van der Waals surface area (Å²) in [6, 6.07) is 10.3. The molecule has 0 radical (unpaired) electrons. The first-order chi connectivity index (χ1) is 8.83. The second-order valence-corrected chi connectivity index (χ2v) is 6.39. The number of thioether (sulfide) groups is 1. The van der Waals surface area contributed by atoms with Gasteiger partial charge in [-0.25, -0.2) is 4.98 Å². The normalized spacial score (nSPS) is 14.6. The molecule has 18 heavy (non-hydrogen) atoms. The maximum Gasteiger partial charge on any atom is 0.174 e. The zero-order valence-corrected chi connectivity index (χ0v) is 11.5. The molecule has 0 bridgehead atoms. The zero-order valence-electron chi connectivity index (χ0n) is 9.89. The molecule has 2 aromatic rings. The van der Waals surface area contributed by atoms with Crippen LogP contribution >= 0.6 is 23.1 Å². The summed E-state index contributed by atoms with van der Waals surface area (Å²) in [6.07, 6.45) is 2.62. The molecule has 1 heterocycles. The fraction of sp³-hybridized carbons (Fsp3) is 0.286. The molecule has 3 rings (SSSR count). The molecular formula is C14H13NOS2. The van der Waals surface area contributed by atoms with Crippen molar-refractivity contribution < 1.29 is 4.79 Å². The molecule has 4 heteroatoms. The van der Waals surface area contributed by atoms with Crippen molar-refractivity contribution in [3.63, 3.8) is 0 Å². The SMILES string of the molecule is O=C1CCCc2nc(CSc3ccccc3)sc21. The van der Waals surface area contributed by atoms with Crippen LogP contribution < -0.4 is 0 Å². The Morgan fingerprint density at radius 2 is 2.06 bits per heavy atom. The Hall–Kier alpha value is -1.13. The lowest BCUT2D eigenvalue weighted by molar-refractivity contribution is 0.0976. The minimum atomic E-state index is 0.282. The summed E-state index contributed by atoms with van der Waals surface area (Å²) in [7, 11) is 0. The molecule has 0 aliphatic heterocycles. The van der Waals surface area contributed by atoms with E-state index >= 15 is 0 Å². The summed E-state index contributed by atoms with van der Waals surface area (Å²) in [5, 5.41) is 1.07. The van der Waals surface area contributed by atoms with Gasteiger partial charge in [0.05, 0.1) is 16.3 Å². The van der Waals surface area contributed by atoms with Gasteiger partial charge in [0.1, 0.15) is 5.01 Å². The smallest absolute Gasteiger partial charge is 0.174 e. The van der Waals surface area contributed by atoms with Gasteiger partial charge in [-0.3, -0.25) is 4.79 Å². The van der Waals surface area contributed by atoms with E-state index in [0.717, 1.165) is 34.2 Å². The van der Waals surface area contributed by atoms with E-state index in [4.69, 9.17) is 0 Å². The van der Waals surface area contributed by atoms with Crippen LogP contribution in [0.25, 0.3) is 0 Å². The molecule has 0 unspecified atom stereocenters. The van der Waals surface area contributed by atoms with Crippen LogP contribution in [0.5, 0.6) is 0 Å². The van der Waals surface area contributed by atoms with Crippen molar-refractivity contribution in [3.8, 4) is 0 Å². The molecule has 0 atom stereocenters. The predicted molar refractivity (Wildman–Crippen MR) is 75.4 cm³/mol. The standard InChI is InChI=1S/C14H13NOS2/c16-12-8-4-7-11-14(12)18-13(15-11)9-17-10-5-2-1-3-6-10/h1-3,5-6H,4,7-9H2. The largest absolute Gasteiger partial charge is 0.293 e. The number of benzene rings is 1. The van der Waals surface area contributed by atoms with Gasteiger partial charge in [0.15, 0.2) is 5.78 Å². The number of thiazole rings is 1. The average molecular weight is 275 g/mol. The number of hydrogen-bond acceptors (Lipinski definition) is 4. The summed E-state index contributed by atoms with van der Waals surface area (Å²) in [6.45, 7) is 0. The van der Waals surface area contributed by atoms with Crippen molar-refractivity contribution >= 4 is 28.9 Å². The van der Waals surface area contributed by atoms with Crippen molar-refractivity contribution in [1.29, 1.82) is 0 Å². The molecule has 1 aromatic carbocycles. The monoisotopic (exact) mass is 275 g/mol. The quantitative estimate of drug-likeness (QED) is 0.794. The summed E-state index contributed by atoms with van der Waals surface area (Å²) in [5.74, 6) is 1.14. The van der Waals surface area contributed by atoms with E-state index in [-0.39, 0.29) is 5.78 Å². The Bertz CT molecular complexity index is 562. The van der Waals surface area contributed by atoms with E-state index < -0.39 is 0 Å². The number of aromatic nitrogens is 1. The molecule has 1 aliphatic rings. The average Bonchev–Trinajstić information content (AvgIpc) is 2.82. The molecule has 0 saturated heterocycles. The Kier molecular flexibility index (Phi) is 3.48. The van der Waals surface area contributed by atoms with Crippen LogP contribution in [0.1, 0.15) is 33.2 Å². The number of carbonyl (C=O) groups excluding carboxylic acids is 1. The topological polar surface area (TPSA) is 30.0 Å². The van der Waals surface area contributed by atoms with Gasteiger partial charge < -0.3 is 0 Å². The Labute approximate surface area is 114 Å². The first kappa shape index (κ1) is 11.9. The van der Waals surface area contributed by atoms with Crippen LogP contribution in [0.15, 0.2) is 35.2 Å². The molecule has 92 valence electrons. The van der Waals surface area contributed by atoms with Crippen LogP contribution in [0.3, 0.4) is 0 Å². The summed E-state index contributed by atoms with van der Waals surface area (Å²) < 4.78 is 0. The second kappa shape index (κ2) is 5.24. The Morgan fingerprint density at radius 1 is 1.22 bits per heavy atom. The van der Waals surface area contributed by atoms with E-state index in [2.05, 4.69) is 17.1 Å². The molecule has 0 N–H and O–H groups in total. The summed E-state index contributed by atoms with van der Waals surface area (Å²) in [4.78, 5) is 18.5. The van der Waals surface area contributed by atoms with Crippen LogP contribution in [-0.4, -0.2) is 10.8 Å². The molecule has 2 nitrogen and oxygen atoms in total.